The largest absolute Gasteiger partial charge is 0.356 e. The van der Waals surface area contributed by atoms with Crippen molar-refractivity contribution in [3.05, 3.63) is 0 Å². The predicted molar refractivity (Wildman–Crippen MR) is 114 cm³/mol. The molecular formula is C18H34IN3O2S. The summed E-state index contributed by atoms with van der Waals surface area (Å²) in [6, 6.07) is 0. The minimum Gasteiger partial charge on any atom is -0.356 e. The Bertz CT molecular complexity index is 551. The average Bonchev–Trinajstić information content (AvgIpc) is 3.09. The van der Waals surface area contributed by atoms with E-state index in [1.807, 2.05) is 0 Å². The summed E-state index contributed by atoms with van der Waals surface area (Å²) in [5, 5.41) is 3.52. The van der Waals surface area contributed by atoms with Crippen LogP contribution in [0.4, 0.5) is 0 Å². The molecule has 25 heavy (non-hydrogen) atoms. The summed E-state index contributed by atoms with van der Waals surface area (Å²) in [5.41, 5.74) is 0. The molecule has 3 rings (SSSR count). The second-order valence-electron chi connectivity index (χ2n) is 8.42. The molecule has 0 amide bonds. The molecule has 0 aromatic carbocycles. The van der Waals surface area contributed by atoms with E-state index in [1.54, 1.807) is 0 Å². The summed E-state index contributed by atoms with van der Waals surface area (Å²) in [6.07, 6.45) is 6.26. The minimum absolute atomic E-state index is 0. The van der Waals surface area contributed by atoms with Crippen molar-refractivity contribution in [2.75, 3.05) is 37.7 Å². The highest BCUT2D eigenvalue weighted by Gasteiger charge is 2.36. The van der Waals surface area contributed by atoms with Gasteiger partial charge in [0.05, 0.1) is 11.5 Å². The van der Waals surface area contributed by atoms with E-state index in [2.05, 4.69) is 24.1 Å². The van der Waals surface area contributed by atoms with Crippen LogP contribution in [0.5, 0.6) is 0 Å². The lowest BCUT2D eigenvalue weighted by molar-refractivity contribution is 0.299. The lowest BCUT2D eigenvalue weighted by atomic mass is 9.82. The number of hydrogen-bond donors (Lipinski definition) is 1. The van der Waals surface area contributed by atoms with E-state index >= 15 is 0 Å². The van der Waals surface area contributed by atoms with E-state index < -0.39 is 9.84 Å². The number of sulfone groups is 1. The van der Waals surface area contributed by atoms with Gasteiger partial charge in [-0.15, -0.1) is 24.0 Å². The van der Waals surface area contributed by atoms with Gasteiger partial charge in [-0.25, -0.2) is 8.42 Å². The van der Waals surface area contributed by atoms with E-state index in [-0.39, 0.29) is 29.9 Å². The molecule has 1 saturated carbocycles. The van der Waals surface area contributed by atoms with Gasteiger partial charge in [-0.3, -0.25) is 4.99 Å². The van der Waals surface area contributed by atoms with Crippen LogP contribution < -0.4 is 5.32 Å². The van der Waals surface area contributed by atoms with Gasteiger partial charge in [-0.2, -0.15) is 0 Å². The molecule has 2 aliphatic heterocycles. The molecule has 0 radical (unpaired) electrons. The fourth-order valence-corrected chi connectivity index (χ4v) is 6.25. The number of rotatable bonds is 4. The molecular weight excluding hydrogens is 449 g/mol. The van der Waals surface area contributed by atoms with E-state index in [9.17, 15) is 8.42 Å². The summed E-state index contributed by atoms with van der Waals surface area (Å²) in [7, 11) is -2.80. The van der Waals surface area contributed by atoms with Crippen LogP contribution >= 0.6 is 24.0 Å². The third-order valence-electron chi connectivity index (χ3n) is 5.76. The molecule has 1 N–H and O–H groups in total. The number of halogens is 1. The Balaban J connectivity index is 0.00000225. The monoisotopic (exact) mass is 483 g/mol. The molecule has 3 atom stereocenters. The van der Waals surface area contributed by atoms with Gasteiger partial charge in [-0.1, -0.05) is 26.7 Å². The van der Waals surface area contributed by atoms with Crippen molar-refractivity contribution in [2.45, 2.75) is 46.0 Å². The van der Waals surface area contributed by atoms with Crippen LogP contribution in [0.1, 0.15) is 46.0 Å². The average molecular weight is 483 g/mol. The number of fused-ring (bicyclic) bond motifs is 1. The quantitative estimate of drug-likeness (QED) is 0.380. The molecule has 0 bridgehead atoms. The summed E-state index contributed by atoms with van der Waals surface area (Å²) in [5.74, 6) is 4.15. The lowest BCUT2D eigenvalue weighted by Crippen LogP contribution is -2.42. The Labute approximate surface area is 170 Å². The molecule has 2 heterocycles. The van der Waals surface area contributed by atoms with Gasteiger partial charge >= 0.3 is 0 Å². The minimum atomic E-state index is -2.80. The Kier molecular flexibility index (Phi) is 7.85. The highest BCUT2D eigenvalue weighted by atomic mass is 127. The van der Waals surface area contributed by atoms with Crippen molar-refractivity contribution in [3.8, 4) is 0 Å². The van der Waals surface area contributed by atoms with Gasteiger partial charge < -0.3 is 10.2 Å². The Morgan fingerprint density at radius 1 is 1.16 bits per heavy atom. The molecule has 146 valence electrons. The highest BCUT2D eigenvalue weighted by Crippen LogP contribution is 2.36. The van der Waals surface area contributed by atoms with Gasteiger partial charge in [-0.05, 0) is 42.9 Å². The van der Waals surface area contributed by atoms with Crippen molar-refractivity contribution in [1.82, 2.24) is 10.2 Å². The predicted octanol–water partition coefficient (Wildman–Crippen LogP) is 2.76. The zero-order valence-electron chi connectivity index (χ0n) is 15.6. The molecule has 0 aromatic rings. The van der Waals surface area contributed by atoms with Crippen molar-refractivity contribution >= 4 is 39.8 Å². The first-order chi connectivity index (χ1) is 11.4. The summed E-state index contributed by atoms with van der Waals surface area (Å²) in [6.45, 7) is 8.19. The second-order valence-corrected chi connectivity index (χ2v) is 10.6. The zero-order chi connectivity index (χ0) is 17.2. The van der Waals surface area contributed by atoms with Gasteiger partial charge in [0.25, 0.3) is 0 Å². The van der Waals surface area contributed by atoms with Crippen LogP contribution in [0.25, 0.3) is 0 Å². The third-order valence-corrected chi connectivity index (χ3v) is 7.59. The molecule has 0 spiro atoms. The maximum atomic E-state index is 11.7. The van der Waals surface area contributed by atoms with E-state index in [0.717, 1.165) is 50.4 Å². The van der Waals surface area contributed by atoms with E-state index in [0.29, 0.717) is 17.4 Å². The van der Waals surface area contributed by atoms with Gasteiger partial charge in [0.2, 0.25) is 0 Å². The van der Waals surface area contributed by atoms with Crippen molar-refractivity contribution in [3.63, 3.8) is 0 Å². The molecule has 2 saturated heterocycles. The SMILES string of the molecule is CC(C)CN=C(NCC1CCS(=O)(=O)C1)N1CC2CCCCC2C1.I. The van der Waals surface area contributed by atoms with Crippen LogP contribution in [0.2, 0.25) is 0 Å². The van der Waals surface area contributed by atoms with Gasteiger partial charge in [0.15, 0.2) is 15.8 Å². The van der Waals surface area contributed by atoms with Crippen LogP contribution in [0, 0.1) is 23.7 Å². The molecule has 5 nitrogen and oxygen atoms in total. The van der Waals surface area contributed by atoms with Crippen LogP contribution in [0.15, 0.2) is 4.99 Å². The Morgan fingerprint density at radius 3 is 2.32 bits per heavy atom. The van der Waals surface area contributed by atoms with Crippen molar-refractivity contribution in [2.24, 2.45) is 28.7 Å². The zero-order valence-corrected chi connectivity index (χ0v) is 18.8. The lowest BCUT2D eigenvalue weighted by Gasteiger charge is -2.24. The van der Waals surface area contributed by atoms with Crippen LogP contribution in [-0.4, -0.2) is 57.0 Å². The third kappa shape index (κ3) is 5.97. The smallest absolute Gasteiger partial charge is 0.193 e. The molecule has 0 aromatic heterocycles. The molecule has 3 fully saturated rings. The summed E-state index contributed by atoms with van der Waals surface area (Å²) >= 11 is 0. The highest BCUT2D eigenvalue weighted by molar-refractivity contribution is 14.0. The Morgan fingerprint density at radius 2 is 1.80 bits per heavy atom. The number of nitrogens with one attached hydrogen (secondary N) is 1. The summed E-state index contributed by atoms with van der Waals surface area (Å²) < 4.78 is 23.3. The van der Waals surface area contributed by atoms with Gasteiger partial charge in [0, 0.05) is 26.2 Å². The second kappa shape index (κ2) is 9.24. The number of hydrogen-bond acceptors (Lipinski definition) is 3. The van der Waals surface area contributed by atoms with Gasteiger partial charge in [0.1, 0.15) is 0 Å². The fraction of sp³-hybridized carbons (Fsp3) is 0.944. The molecule has 1 aliphatic carbocycles. The first-order valence-corrected chi connectivity index (χ1v) is 11.5. The number of nitrogens with zero attached hydrogens (tertiary/aromatic N) is 2. The standard InChI is InChI=1S/C18H33N3O2S.HI/c1-14(2)9-19-18(20-10-15-7-8-24(22,23)13-15)21-11-16-5-3-4-6-17(16)12-21;/h14-17H,3-13H2,1-2H3,(H,19,20);1H. The molecule has 3 unspecified atom stereocenters. The maximum Gasteiger partial charge on any atom is 0.193 e. The Hall–Kier alpha value is -0.0500. The van der Waals surface area contributed by atoms with Crippen molar-refractivity contribution in [1.29, 1.82) is 0 Å². The van der Waals surface area contributed by atoms with Crippen LogP contribution in [0.3, 0.4) is 0 Å². The maximum absolute atomic E-state index is 11.7. The molecule has 3 aliphatic rings. The topological polar surface area (TPSA) is 61.8 Å². The van der Waals surface area contributed by atoms with Crippen molar-refractivity contribution < 1.29 is 8.42 Å². The normalized spacial score (nSPS) is 31.7. The van der Waals surface area contributed by atoms with E-state index in [1.165, 1.54) is 25.7 Å². The summed E-state index contributed by atoms with van der Waals surface area (Å²) in [4.78, 5) is 7.28. The number of likely N-dealkylation sites (tertiary alicyclic amines) is 1. The fourth-order valence-electron chi connectivity index (χ4n) is 4.38. The number of aliphatic imine (C=N–C) groups is 1. The first-order valence-electron chi connectivity index (χ1n) is 9.66. The molecule has 7 heteroatoms. The number of guanidine groups is 1. The van der Waals surface area contributed by atoms with E-state index in [4.69, 9.17) is 4.99 Å². The van der Waals surface area contributed by atoms with Crippen LogP contribution in [-0.2, 0) is 9.84 Å². The first kappa shape index (κ1) is 21.3.